The van der Waals surface area contributed by atoms with Crippen molar-refractivity contribution in [1.29, 1.82) is 0 Å². The third-order valence-electron chi connectivity index (χ3n) is 3.82. The van der Waals surface area contributed by atoms with Crippen LogP contribution in [0.2, 0.25) is 0 Å². The Kier molecular flexibility index (Phi) is 6.21. The van der Waals surface area contributed by atoms with Crippen molar-refractivity contribution >= 4 is 11.9 Å². The summed E-state index contributed by atoms with van der Waals surface area (Å²) in [6.07, 6.45) is 2.03. The number of hydrogen-bond acceptors (Lipinski definition) is 3. The summed E-state index contributed by atoms with van der Waals surface area (Å²) in [6.45, 7) is 0.0211. The minimum Gasteiger partial charge on any atom is -0.481 e. The summed E-state index contributed by atoms with van der Waals surface area (Å²) >= 11 is 0. The first kappa shape index (κ1) is 18.6. The maximum atomic E-state index is 13.3. The zero-order valence-electron chi connectivity index (χ0n) is 13.8. The standard InChI is InChI=1S/C17H19F2N3O3/c1-21-13(6-8-20-21)3-5-16(23)22(9-7-17(24)25)11-12-2-4-14(18)15(19)10-12/h2,4,6,8,10H,3,5,7,9,11H2,1H3,(H,24,25). The largest absolute Gasteiger partial charge is 0.481 e. The Morgan fingerprint density at radius 2 is 1.96 bits per heavy atom. The van der Waals surface area contributed by atoms with Gasteiger partial charge in [0.05, 0.1) is 6.42 Å². The molecule has 0 saturated carbocycles. The molecule has 25 heavy (non-hydrogen) atoms. The fraction of sp³-hybridized carbons (Fsp3) is 0.353. The van der Waals surface area contributed by atoms with E-state index >= 15 is 0 Å². The maximum absolute atomic E-state index is 13.3. The zero-order chi connectivity index (χ0) is 18.4. The first-order valence-corrected chi connectivity index (χ1v) is 7.77. The first-order valence-electron chi connectivity index (χ1n) is 7.77. The van der Waals surface area contributed by atoms with Gasteiger partial charge in [-0.15, -0.1) is 0 Å². The molecule has 0 aliphatic carbocycles. The van der Waals surface area contributed by atoms with Gasteiger partial charge in [0.1, 0.15) is 0 Å². The molecule has 0 bridgehead atoms. The Balaban J connectivity index is 2.05. The molecular formula is C17H19F2N3O3. The second-order valence-corrected chi connectivity index (χ2v) is 5.65. The van der Waals surface area contributed by atoms with E-state index in [2.05, 4.69) is 5.10 Å². The third-order valence-corrected chi connectivity index (χ3v) is 3.82. The van der Waals surface area contributed by atoms with Crippen LogP contribution in [0.4, 0.5) is 8.78 Å². The van der Waals surface area contributed by atoms with E-state index in [1.807, 2.05) is 0 Å². The minimum absolute atomic E-state index is 0.00144. The molecule has 134 valence electrons. The number of hydrogen-bond donors (Lipinski definition) is 1. The predicted octanol–water partition coefficient (Wildman–Crippen LogP) is 2.13. The highest BCUT2D eigenvalue weighted by atomic mass is 19.2. The summed E-state index contributed by atoms with van der Waals surface area (Å²) in [5.74, 6) is -3.26. The van der Waals surface area contributed by atoms with Crippen molar-refractivity contribution in [3.05, 3.63) is 53.4 Å². The molecule has 0 unspecified atom stereocenters. The van der Waals surface area contributed by atoms with Crippen LogP contribution < -0.4 is 0 Å². The van der Waals surface area contributed by atoms with Crippen LogP contribution in [0.1, 0.15) is 24.1 Å². The molecule has 0 fully saturated rings. The molecule has 1 amide bonds. The van der Waals surface area contributed by atoms with Gasteiger partial charge in [0.25, 0.3) is 0 Å². The lowest BCUT2D eigenvalue weighted by atomic mass is 10.1. The Labute approximate surface area is 143 Å². The van der Waals surface area contributed by atoms with Crippen molar-refractivity contribution in [3.63, 3.8) is 0 Å². The van der Waals surface area contributed by atoms with Gasteiger partial charge in [-0.2, -0.15) is 5.10 Å². The van der Waals surface area contributed by atoms with Crippen LogP contribution in [0, 0.1) is 11.6 Å². The number of carboxylic acid groups (broad SMARTS) is 1. The van der Waals surface area contributed by atoms with Crippen molar-refractivity contribution in [3.8, 4) is 0 Å². The maximum Gasteiger partial charge on any atom is 0.305 e. The lowest BCUT2D eigenvalue weighted by Gasteiger charge is -2.22. The Bertz CT molecular complexity index is 761. The van der Waals surface area contributed by atoms with Gasteiger partial charge < -0.3 is 10.0 Å². The second-order valence-electron chi connectivity index (χ2n) is 5.65. The van der Waals surface area contributed by atoms with Gasteiger partial charge in [0.15, 0.2) is 11.6 Å². The summed E-state index contributed by atoms with van der Waals surface area (Å²) in [5, 5.41) is 12.9. The lowest BCUT2D eigenvalue weighted by molar-refractivity contribution is -0.138. The summed E-state index contributed by atoms with van der Waals surface area (Å²) in [6, 6.07) is 5.17. The number of rotatable bonds is 8. The number of carbonyl (C=O) groups is 2. The fourth-order valence-corrected chi connectivity index (χ4v) is 2.42. The molecule has 0 spiro atoms. The van der Waals surface area contributed by atoms with E-state index < -0.39 is 17.6 Å². The summed E-state index contributed by atoms with van der Waals surface area (Å²) in [5.41, 5.74) is 1.28. The molecule has 2 rings (SSSR count). The van der Waals surface area contributed by atoms with Gasteiger partial charge in [-0.1, -0.05) is 6.07 Å². The number of aliphatic carboxylic acids is 1. The van der Waals surface area contributed by atoms with Crippen LogP contribution in [0.25, 0.3) is 0 Å². The van der Waals surface area contributed by atoms with Gasteiger partial charge >= 0.3 is 5.97 Å². The highest BCUT2D eigenvalue weighted by Crippen LogP contribution is 2.13. The van der Waals surface area contributed by atoms with Crippen LogP contribution in [-0.4, -0.2) is 38.2 Å². The van der Waals surface area contributed by atoms with Crippen molar-refractivity contribution in [2.24, 2.45) is 7.05 Å². The van der Waals surface area contributed by atoms with E-state index in [-0.39, 0.29) is 31.8 Å². The molecule has 0 saturated heterocycles. The number of aromatic nitrogens is 2. The first-order chi connectivity index (χ1) is 11.9. The number of nitrogens with zero attached hydrogens (tertiary/aromatic N) is 3. The van der Waals surface area contributed by atoms with Gasteiger partial charge in [0.2, 0.25) is 5.91 Å². The second kappa shape index (κ2) is 8.36. The molecule has 0 aliphatic heterocycles. The van der Waals surface area contributed by atoms with Crippen LogP contribution in [0.3, 0.4) is 0 Å². The van der Waals surface area contributed by atoms with E-state index in [4.69, 9.17) is 5.11 Å². The molecule has 6 nitrogen and oxygen atoms in total. The molecule has 0 radical (unpaired) electrons. The van der Waals surface area contributed by atoms with Crippen molar-refractivity contribution < 1.29 is 23.5 Å². The number of carboxylic acids is 1. The van der Waals surface area contributed by atoms with Gasteiger partial charge in [-0.05, 0) is 30.2 Å². The quantitative estimate of drug-likeness (QED) is 0.791. The van der Waals surface area contributed by atoms with E-state index in [1.165, 1.54) is 11.0 Å². The van der Waals surface area contributed by atoms with E-state index in [0.29, 0.717) is 12.0 Å². The van der Waals surface area contributed by atoms with E-state index in [9.17, 15) is 18.4 Å². The van der Waals surface area contributed by atoms with Gasteiger partial charge in [-0.25, -0.2) is 8.78 Å². The summed E-state index contributed by atoms with van der Waals surface area (Å²) < 4.78 is 28.0. The molecule has 1 heterocycles. The molecule has 2 aromatic rings. The topological polar surface area (TPSA) is 75.4 Å². The highest BCUT2D eigenvalue weighted by Gasteiger charge is 2.17. The molecule has 1 aromatic carbocycles. The average molecular weight is 351 g/mol. The molecular weight excluding hydrogens is 332 g/mol. The Hall–Kier alpha value is -2.77. The van der Waals surface area contributed by atoms with Crippen molar-refractivity contribution in [1.82, 2.24) is 14.7 Å². The van der Waals surface area contributed by atoms with Crippen LogP contribution in [0.15, 0.2) is 30.5 Å². The predicted molar refractivity (Wildman–Crippen MR) is 85.6 cm³/mol. The number of carbonyl (C=O) groups excluding carboxylic acids is 1. The fourth-order valence-electron chi connectivity index (χ4n) is 2.42. The molecule has 1 aromatic heterocycles. The van der Waals surface area contributed by atoms with Gasteiger partial charge in [-0.3, -0.25) is 14.3 Å². The summed E-state index contributed by atoms with van der Waals surface area (Å²) in [4.78, 5) is 24.6. The van der Waals surface area contributed by atoms with Crippen LogP contribution in [-0.2, 0) is 29.6 Å². The third kappa shape index (κ3) is 5.37. The number of benzene rings is 1. The smallest absolute Gasteiger partial charge is 0.305 e. The van der Waals surface area contributed by atoms with Crippen molar-refractivity contribution in [2.75, 3.05) is 6.54 Å². The number of aryl methyl sites for hydroxylation is 2. The minimum atomic E-state index is -1.03. The number of halogens is 2. The van der Waals surface area contributed by atoms with Crippen LogP contribution >= 0.6 is 0 Å². The average Bonchev–Trinajstić information content (AvgIpc) is 2.97. The number of amides is 1. The monoisotopic (exact) mass is 351 g/mol. The SMILES string of the molecule is Cn1nccc1CCC(=O)N(CCC(=O)O)Cc1ccc(F)c(F)c1. The van der Waals surface area contributed by atoms with Crippen LogP contribution in [0.5, 0.6) is 0 Å². The summed E-state index contributed by atoms with van der Waals surface area (Å²) in [7, 11) is 1.77. The lowest BCUT2D eigenvalue weighted by Crippen LogP contribution is -2.33. The zero-order valence-corrected chi connectivity index (χ0v) is 13.8. The van der Waals surface area contributed by atoms with Crippen molar-refractivity contribution in [2.45, 2.75) is 25.8 Å². The van der Waals surface area contributed by atoms with E-state index in [1.54, 1.807) is 24.0 Å². The molecule has 8 heteroatoms. The molecule has 1 N–H and O–H groups in total. The Morgan fingerprint density at radius 1 is 1.20 bits per heavy atom. The normalized spacial score (nSPS) is 10.7. The molecule has 0 aliphatic rings. The van der Waals surface area contributed by atoms with Gasteiger partial charge in [0, 0.05) is 38.4 Å². The highest BCUT2D eigenvalue weighted by molar-refractivity contribution is 5.77. The Morgan fingerprint density at radius 3 is 2.56 bits per heavy atom. The molecule has 0 atom stereocenters. The van der Waals surface area contributed by atoms with E-state index in [0.717, 1.165) is 17.8 Å².